The largest absolute Gasteiger partial charge is 0.464 e. The lowest BCUT2D eigenvalue weighted by Crippen LogP contribution is -2.21. The number of nitrogens with one attached hydrogen (secondary N) is 1. The third kappa shape index (κ3) is 5.08. The first-order valence-electron chi connectivity index (χ1n) is 6.04. The van der Waals surface area contributed by atoms with Crippen molar-refractivity contribution in [3.63, 3.8) is 0 Å². The summed E-state index contributed by atoms with van der Waals surface area (Å²) in [4.78, 5) is 0. The molecule has 16 heavy (non-hydrogen) atoms. The molecule has 0 bridgehead atoms. The first kappa shape index (κ1) is 13.7. The van der Waals surface area contributed by atoms with Crippen LogP contribution in [0.4, 0.5) is 0 Å². The van der Waals surface area contributed by atoms with Crippen LogP contribution in [0.25, 0.3) is 0 Å². The Labute approximate surface area is 103 Å². The van der Waals surface area contributed by atoms with E-state index in [-0.39, 0.29) is 0 Å². The first-order chi connectivity index (χ1) is 7.61. The molecular weight excluding hydrogens is 218 g/mol. The summed E-state index contributed by atoms with van der Waals surface area (Å²) >= 11 is 1.95. The summed E-state index contributed by atoms with van der Waals surface area (Å²) in [5.41, 5.74) is 0. The van der Waals surface area contributed by atoms with Crippen LogP contribution in [0.5, 0.6) is 0 Å². The average Bonchev–Trinajstić information content (AvgIpc) is 2.71. The van der Waals surface area contributed by atoms with Gasteiger partial charge in [-0.05, 0) is 18.6 Å². The Hall–Kier alpha value is -0.410. The summed E-state index contributed by atoms with van der Waals surface area (Å²) < 4.78 is 5.75. The fourth-order valence-corrected chi connectivity index (χ4v) is 2.08. The highest BCUT2D eigenvalue weighted by molar-refractivity contribution is 7.99. The average molecular weight is 241 g/mol. The lowest BCUT2D eigenvalue weighted by Gasteiger charge is -2.06. The van der Waals surface area contributed by atoms with Crippen molar-refractivity contribution in [1.82, 2.24) is 5.32 Å². The maximum atomic E-state index is 5.75. The van der Waals surface area contributed by atoms with E-state index in [1.54, 1.807) is 0 Å². The first-order valence-corrected chi connectivity index (χ1v) is 7.09. The van der Waals surface area contributed by atoms with Crippen molar-refractivity contribution in [3.05, 3.63) is 23.7 Å². The standard InChI is InChI=1S/C13H23NOS/c1-5-11(4)16-9-13-7-6-12(15-13)8-14-10(2)3/h6-7,10-11,14H,5,8-9H2,1-4H3. The minimum Gasteiger partial charge on any atom is -0.464 e. The van der Waals surface area contributed by atoms with E-state index in [2.05, 4.69) is 45.1 Å². The highest BCUT2D eigenvalue weighted by atomic mass is 32.2. The van der Waals surface area contributed by atoms with Gasteiger partial charge in [-0.2, -0.15) is 11.8 Å². The van der Waals surface area contributed by atoms with Crippen LogP contribution in [0, 0.1) is 0 Å². The van der Waals surface area contributed by atoms with Gasteiger partial charge in [-0.1, -0.05) is 27.7 Å². The molecule has 1 heterocycles. The van der Waals surface area contributed by atoms with E-state index >= 15 is 0 Å². The van der Waals surface area contributed by atoms with Crippen LogP contribution in [-0.4, -0.2) is 11.3 Å². The van der Waals surface area contributed by atoms with Crippen LogP contribution in [0.2, 0.25) is 0 Å². The number of hydrogen-bond acceptors (Lipinski definition) is 3. The van der Waals surface area contributed by atoms with Crippen LogP contribution in [-0.2, 0) is 12.3 Å². The van der Waals surface area contributed by atoms with Gasteiger partial charge >= 0.3 is 0 Å². The molecule has 0 fully saturated rings. The molecule has 0 aliphatic carbocycles. The van der Waals surface area contributed by atoms with Crippen LogP contribution >= 0.6 is 11.8 Å². The van der Waals surface area contributed by atoms with Crippen LogP contribution in [0.15, 0.2) is 16.5 Å². The van der Waals surface area contributed by atoms with Gasteiger partial charge < -0.3 is 9.73 Å². The molecular formula is C13H23NOS. The van der Waals surface area contributed by atoms with E-state index in [1.807, 2.05) is 11.8 Å². The van der Waals surface area contributed by atoms with Gasteiger partial charge in [0.05, 0.1) is 12.3 Å². The van der Waals surface area contributed by atoms with E-state index in [0.29, 0.717) is 11.3 Å². The molecule has 1 N–H and O–H groups in total. The monoisotopic (exact) mass is 241 g/mol. The SMILES string of the molecule is CCC(C)SCc1ccc(CNC(C)C)o1. The second kappa shape index (κ2) is 7.02. The summed E-state index contributed by atoms with van der Waals surface area (Å²) in [5, 5.41) is 4.06. The molecule has 0 aromatic carbocycles. The predicted octanol–water partition coefficient (Wildman–Crippen LogP) is 3.81. The number of hydrogen-bond donors (Lipinski definition) is 1. The van der Waals surface area contributed by atoms with E-state index in [0.717, 1.165) is 23.8 Å². The van der Waals surface area contributed by atoms with Gasteiger partial charge in [0.25, 0.3) is 0 Å². The zero-order chi connectivity index (χ0) is 12.0. The number of furan rings is 1. The molecule has 3 heteroatoms. The van der Waals surface area contributed by atoms with E-state index in [1.165, 1.54) is 6.42 Å². The molecule has 0 aliphatic heterocycles. The lowest BCUT2D eigenvalue weighted by molar-refractivity contribution is 0.445. The van der Waals surface area contributed by atoms with Gasteiger partial charge in [0, 0.05) is 11.3 Å². The summed E-state index contributed by atoms with van der Waals surface area (Å²) in [6, 6.07) is 4.66. The van der Waals surface area contributed by atoms with Crippen LogP contribution in [0.3, 0.4) is 0 Å². The Morgan fingerprint density at radius 2 is 1.94 bits per heavy atom. The molecule has 1 atom stereocenters. The van der Waals surface area contributed by atoms with E-state index < -0.39 is 0 Å². The Kier molecular flexibility index (Phi) is 5.99. The maximum absolute atomic E-state index is 5.75. The maximum Gasteiger partial charge on any atom is 0.118 e. The van der Waals surface area contributed by atoms with Crippen molar-refractivity contribution in [2.75, 3.05) is 0 Å². The minimum atomic E-state index is 0.503. The van der Waals surface area contributed by atoms with Crippen molar-refractivity contribution in [2.24, 2.45) is 0 Å². The fourth-order valence-electron chi connectivity index (χ4n) is 1.24. The minimum absolute atomic E-state index is 0.503. The topological polar surface area (TPSA) is 25.2 Å². The van der Waals surface area contributed by atoms with Crippen molar-refractivity contribution < 1.29 is 4.42 Å². The molecule has 0 saturated carbocycles. The Bertz CT molecular complexity index is 296. The van der Waals surface area contributed by atoms with Crippen molar-refractivity contribution in [2.45, 2.75) is 57.7 Å². The van der Waals surface area contributed by atoms with E-state index in [9.17, 15) is 0 Å². The molecule has 1 aromatic heterocycles. The number of thioether (sulfide) groups is 1. The lowest BCUT2D eigenvalue weighted by atomic mass is 10.3. The second-order valence-corrected chi connectivity index (χ2v) is 5.86. The molecule has 0 radical (unpaired) electrons. The summed E-state index contributed by atoms with van der Waals surface area (Å²) in [5.74, 6) is 3.11. The predicted molar refractivity (Wildman–Crippen MR) is 71.7 cm³/mol. The van der Waals surface area contributed by atoms with E-state index in [4.69, 9.17) is 4.42 Å². The van der Waals surface area contributed by atoms with Gasteiger partial charge in [0.2, 0.25) is 0 Å². The highest BCUT2D eigenvalue weighted by Gasteiger charge is 2.05. The molecule has 0 amide bonds. The summed E-state index contributed by atoms with van der Waals surface area (Å²) in [6.07, 6.45) is 1.22. The fraction of sp³-hybridized carbons (Fsp3) is 0.692. The van der Waals surface area contributed by atoms with Gasteiger partial charge in [-0.15, -0.1) is 0 Å². The Balaban J connectivity index is 2.33. The van der Waals surface area contributed by atoms with Crippen molar-refractivity contribution in [1.29, 1.82) is 0 Å². The normalized spacial score (nSPS) is 13.3. The Morgan fingerprint density at radius 1 is 1.25 bits per heavy atom. The molecule has 0 saturated heterocycles. The van der Waals surface area contributed by atoms with Gasteiger partial charge in [-0.25, -0.2) is 0 Å². The quantitative estimate of drug-likeness (QED) is 0.786. The third-order valence-corrected chi connectivity index (χ3v) is 3.84. The molecule has 0 spiro atoms. The molecule has 1 rings (SSSR count). The second-order valence-electron chi connectivity index (χ2n) is 4.43. The van der Waals surface area contributed by atoms with Crippen molar-refractivity contribution in [3.8, 4) is 0 Å². The summed E-state index contributed by atoms with van der Waals surface area (Å²) in [7, 11) is 0. The number of rotatable bonds is 7. The molecule has 2 nitrogen and oxygen atoms in total. The van der Waals surface area contributed by atoms with Crippen LogP contribution in [0.1, 0.15) is 45.6 Å². The van der Waals surface area contributed by atoms with Gasteiger partial charge in [0.1, 0.15) is 11.5 Å². The van der Waals surface area contributed by atoms with Crippen molar-refractivity contribution >= 4 is 11.8 Å². The summed E-state index contributed by atoms with van der Waals surface area (Å²) in [6.45, 7) is 9.59. The van der Waals surface area contributed by atoms with Crippen LogP contribution < -0.4 is 5.32 Å². The molecule has 1 aromatic rings. The molecule has 1 unspecified atom stereocenters. The van der Waals surface area contributed by atoms with Gasteiger partial charge in [-0.3, -0.25) is 0 Å². The van der Waals surface area contributed by atoms with Gasteiger partial charge in [0.15, 0.2) is 0 Å². The molecule has 92 valence electrons. The smallest absolute Gasteiger partial charge is 0.118 e. The third-order valence-electron chi connectivity index (χ3n) is 2.49. The zero-order valence-corrected chi connectivity index (χ0v) is 11.6. The zero-order valence-electron chi connectivity index (χ0n) is 10.7. The highest BCUT2D eigenvalue weighted by Crippen LogP contribution is 2.21. The Morgan fingerprint density at radius 3 is 2.56 bits per heavy atom. The molecule has 0 aliphatic rings.